The van der Waals surface area contributed by atoms with Crippen LogP contribution in [0.1, 0.15) is 12.0 Å². The summed E-state index contributed by atoms with van der Waals surface area (Å²) in [5.74, 6) is -0.675. The molecule has 0 fully saturated rings. The molecule has 3 nitrogen and oxygen atoms in total. The van der Waals surface area contributed by atoms with Crippen molar-refractivity contribution in [3.63, 3.8) is 0 Å². The standard InChI is InChI=1S/C9H9O3/c10-8-4-1-7(2-5-8)3-6-9(11)12/h1-5,10H,6H2,(H,11,12). The van der Waals surface area contributed by atoms with E-state index in [4.69, 9.17) is 10.2 Å². The molecule has 63 valence electrons. The predicted molar refractivity (Wildman–Crippen MR) is 43.8 cm³/mol. The number of aromatic hydroxyl groups is 1. The Balaban J connectivity index is 2.53. The molecule has 12 heavy (non-hydrogen) atoms. The lowest BCUT2D eigenvalue weighted by Crippen LogP contribution is -1.94. The van der Waals surface area contributed by atoms with Gasteiger partial charge in [0, 0.05) is 6.42 Å². The molecule has 0 aliphatic rings. The van der Waals surface area contributed by atoms with Crippen molar-refractivity contribution in [2.45, 2.75) is 6.42 Å². The summed E-state index contributed by atoms with van der Waals surface area (Å²) in [6.07, 6.45) is 1.59. The monoisotopic (exact) mass is 165 g/mol. The van der Waals surface area contributed by atoms with Gasteiger partial charge in [-0.25, -0.2) is 0 Å². The van der Waals surface area contributed by atoms with Gasteiger partial charge in [0.05, 0.1) is 6.42 Å². The number of rotatable bonds is 3. The minimum atomic E-state index is -0.858. The minimum absolute atomic E-state index is 0.00474. The molecule has 1 radical (unpaired) electrons. The molecule has 0 aromatic heterocycles. The number of hydrogen-bond donors (Lipinski definition) is 2. The van der Waals surface area contributed by atoms with Gasteiger partial charge in [0.25, 0.3) is 0 Å². The Hall–Kier alpha value is -1.51. The summed E-state index contributed by atoms with van der Waals surface area (Å²) in [6, 6.07) is 6.37. The summed E-state index contributed by atoms with van der Waals surface area (Å²) in [4.78, 5) is 10.2. The third-order valence-corrected chi connectivity index (χ3v) is 1.41. The quantitative estimate of drug-likeness (QED) is 0.712. The SMILES string of the molecule is O=C(O)C[CH]c1ccc(O)cc1. The van der Waals surface area contributed by atoms with E-state index in [2.05, 4.69) is 0 Å². The first-order valence-electron chi connectivity index (χ1n) is 3.52. The lowest BCUT2D eigenvalue weighted by molar-refractivity contribution is -0.136. The van der Waals surface area contributed by atoms with Gasteiger partial charge >= 0.3 is 5.97 Å². The number of carboxylic acids is 1. The summed E-state index contributed by atoms with van der Waals surface area (Å²) in [5.41, 5.74) is 0.801. The average Bonchev–Trinajstić information content (AvgIpc) is 2.03. The fraction of sp³-hybridized carbons (Fsp3) is 0.111. The van der Waals surface area contributed by atoms with Crippen LogP contribution in [0.15, 0.2) is 24.3 Å². The highest BCUT2D eigenvalue weighted by atomic mass is 16.4. The highest BCUT2D eigenvalue weighted by Crippen LogP contribution is 2.11. The number of carbonyl (C=O) groups is 1. The Morgan fingerprint density at radius 2 is 1.92 bits per heavy atom. The van der Waals surface area contributed by atoms with Crippen molar-refractivity contribution in [2.75, 3.05) is 0 Å². The number of hydrogen-bond acceptors (Lipinski definition) is 2. The molecule has 2 N–H and O–H groups in total. The van der Waals surface area contributed by atoms with Crippen LogP contribution in [0.4, 0.5) is 0 Å². The third kappa shape index (κ3) is 2.62. The first kappa shape index (κ1) is 8.59. The maximum absolute atomic E-state index is 10.2. The van der Waals surface area contributed by atoms with Crippen LogP contribution in [0.5, 0.6) is 5.75 Å². The highest BCUT2D eigenvalue weighted by molar-refractivity contribution is 5.69. The van der Waals surface area contributed by atoms with Crippen molar-refractivity contribution < 1.29 is 15.0 Å². The van der Waals surface area contributed by atoms with Gasteiger partial charge in [0.15, 0.2) is 0 Å². The van der Waals surface area contributed by atoms with Crippen LogP contribution in [0.3, 0.4) is 0 Å². The number of carboxylic acid groups (broad SMARTS) is 1. The minimum Gasteiger partial charge on any atom is -0.508 e. The van der Waals surface area contributed by atoms with Gasteiger partial charge in [-0.3, -0.25) is 4.79 Å². The van der Waals surface area contributed by atoms with Gasteiger partial charge in [-0.05, 0) is 17.7 Å². The van der Waals surface area contributed by atoms with Crippen molar-refractivity contribution in [3.05, 3.63) is 36.2 Å². The Morgan fingerprint density at radius 3 is 2.42 bits per heavy atom. The molecule has 0 atom stereocenters. The van der Waals surface area contributed by atoms with Gasteiger partial charge < -0.3 is 10.2 Å². The maximum Gasteiger partial charge on any atom is 0.303 e. The molecule has 0 heterocycles. The molecule has 1 aromatic rings. The third-order valence-electron chi connectivity index (χ3n) is 1.41. The molecule has 0 spiro atoms. The summed E-state index contributed by atoms with van der Waals surface area (Å²) < 4.78 is 0. The van der Waals surface area contributed by atoms with E-state index in [9.17, 15) is 4.79 Å². The van der Waals surface area contributed by atoms with Gasteiger partial charge in [0.1, 0.15) is 5.75 Å². The molecule has 1 rings (SSSR count). The van der Waals surface area contributed by atoms with E-state index in [0.29, 0.717) is 0 Å². The Bertz CT molecular complexity index is 264. The van der Waals surface area contributed by atoms with Crippen LogP contribution in [0.2, 0.25) is 0 Å². The zero-order chi connectivity index (χ0) is 8.97. The normalized spacial score (nSPS) is 9.67. The zero-order valence-electron chi connectivity index (χ0n) is 6.40. The fourth-order valence-electron chi connectivity index (χ4n) is 0.816. The first-order chi connectivity index (χ1) is 5.68. The number of benzene rings is 1. The van der Waals surface area contributed by atoms with Gasteiger partial charge in [0.2, 0.25) is 0 Å². The Morgan fingerprint density at radius 1 is 1.33 bits per heavy atom. The van der Waals surface area contributed by atoms with E-state index in [1.54, 1.807) is 18.6 Å². The van der Waals surface area contributed by atoms with Crippen molar-refractivity contribution in [3.8, 4) is 5.75 Å². The molecular weight excluding hydrogens is 156 g/mol. The van der Waals surface area contributed by atoms with Crippen LogP contribution >= 0.6 is 0 Å². The average molecular weight is 165 g/mol. The first-order valence-corrected chi connectivity index (χ1v) is 3.52. The van der Waals surface area contributed by atoms with Crippen molar-refractivity contribution in [2.24, 2.45) is 0 Å². The summed E-state index contributed by atoms with van der Waals surface area (Å²) in [5, 5.41) is 17.3. The van der Waals surface area contributed by atoms with E-state index in [-0.39, 0.29) is 12.2 Å². The van der Waals surface area contributed by atoms with E-state index in [1.807, 2.05) is 0 Å². The molecule has 0 saturated heterocycles. The van der Waals surface area contributed by atoms with Crippen LogP contribution in [-0.2, 0) is 4.79 Å². The molecule has 0 saturated carbocycles. The summed E-state index contributed by atoms with van der Waals surface area (Å²) in [6.45, 7) is 0. The molecule has 0 bridgehead atoms. The summed E-state index contributed by atoms with van der Waals surface area (Å²) >= 11 is 0. The molecule has 0 amide bonds. The smallest absolute Gasteiger partial charge is 0.303 e. The molecule has 1 aromatic carbocycles. The van der Waals surface area contributed by atoms with E-state index >= 15 is 0 Å². The van der Waals surface area contributed by atoms with Crippen molar-refractivity contribution in [1.82, 2.24) is 0 Å². The van der Waals surface area contributed by atoms with Crippen LogP contribution in [-0.4, -0.2) is 16.2 Å². The predicted octanol–water partition coefficient (Wildman–Crippen LogP) is 1.42. The molecular formula is C9H9O3. The molecule has 0 aliphatic heterocycles. The zero-order valence-corrected chi connectivity index (χ0v) is 6.40. The molecule has 0 unspecified atom stereocenters. The van der Waals surface area contributed by atoms with E-state index < -0.39 is 5.97 Å². The van der Waals surface area contributed by atoms with Crippen molar-refractivity contribution >= 4 is 5.97 Å². The highest BCUT2D eigenvalue weighted by Gasteiger charge is 1.98. The van der Waals surface area contributed by atoms with Crippen LogP contribution in [0, 0.1) is 6.42 Å². The largest absolute Gasteiger partial charge is 0.508 e. The second-order valence-corrected chi connectivity index (χ2v) is 2.39. The van der Waals surface area contributed by atoms with Crippen LogP contribution in [0.25, 0.3) is 0 Å². The Labute approximate surface area is 70.3 Å². The summed E-state index contributed by atoms with van der Waals surface area (Å²) in [7, 11) is 0. The number of aliphatic carboxylic acids is 1. The molecule has 0 aliphatic carbocycles. The lowest BCUT2D eigenvalue weighted by atomic mass is 10.1. The number of phenolic OH excluding ortho intramolecular Hbond substituents is 1. The fourth-order valence-corrected chi connectivity index (χ4v) is 0.816. The second kappa shape index (κ2) is 3.76. The topological polar surface area (TPSA) is 57.5 Å². The van der Waals surface area contributed by atoms with E-state index in [0.717, 1.165) is 5.56 Å². The maximum atomic E-state index is 10.2. The lowest BCUT2D eigenvalue weighted by Gasteiger charge is -1.97. The van der Waals surface area contributed by atoms with Crippen molar-refractivity contribution in [1.29, 1.82) is 0 Å². The Kier molecular flexibility index (Phi) is 2.69. The van der Waals surface area contributed by atoms with Crippen LogP contribution < -0.4 is 0 Å². The van der Waals surface area contributed by atoms with Gasteiger partial charge in [-0.2, -0.15) is 0 Å². The van der Waals surface area contributed by atoms with E-state index in [1.165, 1.54) is 12.1 Å². The number of phenols is 1. The van der Waals surface area contributed by atoms with Gasteiger partial charge in [-0.15, -0.1) is 0 Å². The van der Waals surface area contributed by atoms with Gasteiger partial charge in [-0.1, -0.05) is 12.1 Å². The second-order valence-electron chi connectivity index (χ2n) is 2.39. The molecule has 3 heteroatoms.